The molecule has 8 heteroatoms. The molecule has 0 saturated heterocycles. The summed E-state index contributed by atoms with van der Waals surface area (Å²) in [6.45, 7) is 0. The smallest absolute Gasteiger partial charge is 0.327 e. The van der Waals surface area contributed by atoms with E-state index in [9.17, 15) is 13.2 Å². The van der Waals surface area contributed by atoms with Crippen molar-refractivity contribution in [1.29, 1.82) is 0 Å². The summed E-state index contributed by atoms with van der Waals surface area (Å²) in [5.74, 6) is 0.294. The van der Waals surface area contributed by atoms with Crippen LogP contribution >= 0.6 is 11.6 Å². The van der Waals surface area contributed by atoms with Crippen LogP contribution in [0.5, 0.6) is 0 Å². The molecule has 0 radical (unpaired) electrons. The van der Waals surface area contributed by atoms with E-state index in [1.54, 1.807) is 0 Å². The van der Waals surface area contributed by atoms with E-state index in [0.717, 1.165) is 22.9 Å². The van der Waals surface area contributed by atoms with E-state index in [-0.39, 0.29) is 24.8 Å². The maximum absolute atomic E-state index is 13.0. The van der Waals surface area contributed by atoms with Gasteiger partial charge in [0, 0.05) is 23.4 Å². The van der Waals surface area contributed by atoms with Crippen molar-refractivity contribution >= 4 is 11.6 Å². The molecule has 4 nitrogen and oxygen atoms in total. The topological polar surface area (TPSA) is 56.7 Å². The standard InChI is InChI=1S/C18H20ClF3N4/c19-13-5-6-15-11(7-13)8-14(23)9-16-24-25-17(26(15)16)10-1-3-12(4-2-10)18(20,21)22/h5-7,10,12,14H,1-4,8-9,23H2/t10-,12-,14?. The number of halogens is 4. The van der Waals surface area contributed by atoms with E-state index in [2.05, 4.69) is 10.2 Å². The van der Waals surface area contributed by atoms with Gasteiger partial charge in [0.2, 0.25) is 0 Å². The van der Waals surface area contributed by atoms with Gasteiger partial charge in [-0.3, -0.25) is 4.57 Å². The predicted octanol–water partition coefficient (Wildman–Crippen LogP) is 4.18. The molecule has 140 valence electrons. The van der Waals surface area contributed by atoms with Crippen LogP contribution in [0, 0.1) is 5.92 Å². The molecule has 4 rings (SSSR count). The van der Waals surface area contributed by atoms with Gasteiger partial charge in [-0.05, 0) is 55.9 Å². The maximum Gasteiger partial charge on any atom is 0.391 e. The van der Waals surface area contributed by atoms with Gasteiger partial charge in [-0.25, -0.2) is 0 Å². The van der Waals surface area contributed by atoms with Gasteiger partial charge >= 0.3 is 6.18 Å². The lowest BCUT2D eigenvalue weighted by molar-refractivity contribution is -0.182. The van der Waals surface area contributed by atoms with E-state index in [1.807, 2.05) is 22.8 Å². The number of alkyl halides is 3. The van der Waals surface area contributed by atoms with Gasteiger partial charge in [0.15, 0.2) is 0 Å². The van der Waals surface area contributed by atoms with Crippen LogP contribution in [0.3, 0.4) is 0 Å². The summed E-state index contributed by atoms with van der Waals surface area (Å²) in [4.78, 5) is 0. The molecule has 1 fully saturated rings. The average Bonchev–Trinajstić information content (AvgIpc) is 2.91. The third-order valence-corrected chi connectivity index (χ3v) is 5.75. The minimum atomic E-state index is -4.11. The molecule has 1 saturated carbocycles. The normalized spacial score (nSPS) is 26.1. The first kappa shape index (κ1) is 17.8. The first-order chi connectivity index (χ1) is 12.3. The van der Waals surface area contributed by atoms with Crippen LogP contribution in [0.15, 0.2) is 18.2 Å². The SMILES string of the molecule is NC1Cc2cc(Cl)ccc2-n2c(nnc2[C@H]2CC[C@H](C(F)(F)F)CC2)C1. The second-order valence-electron chi connectivity index (χ2n) is 7.34. The van der Waals surface area contributed by atoms with Crippen LogP contribution in [0.1, 0.15) is 48.8 Å². The molecule has 2 aliphatic rings. The third kappa shape index (κ3) is 3.22. The van der Waals surface area contributed by atoms with Crippen LogP contribution in [0.2, 0.25) is 5.02 Å². The van der Waals surface area contributed by atoms with Crippen molar-refractivity contribution < 1.29 is 13.2 Å². The van der Waals surface area contributed by atoms with Crippen LogP contribution in [0.25, 0.3) is 5.69 Å². The van der Waals surface area contributed by atoms with Gasteiger partial charge < -0.3 is 5.73 Å². The molecular weight excluding hydrogens is 365 g/mol. The van der Waals surface area contributed by atoms with Gasteiger partial charge in [0.05, 0.1) is 11.6 Å². The lowest BCUT2D eigenvalue weighted by atomic mass is 9.81. The molecule has 0 amide bonds. The van der Waals surface area contributed by atoms with E-state index in [1.165, 1.54) is 0 Å². The van der Waals surface area contributed by atoms with Gasteiger partial charge in [-0.2, -0.15) is 13.2 Å². The monoisotopic (exact) mass is 384 g/mol. The summed E-state index contributed by atoms with van der Waals surface area (Å²) >= 11 is 6.14. The van der Waals surface area contributed by atoms with E-state index < -0.39 is 12.1 Å². The number of nitrogens with zero attached hydrogens (tertiary/aromatic N) is 3. The fourth-order valence-corrected chi connectivity index (χ4v) is 4.39. The summed E-state index contributed by atoms with van der Waals surface area (Å²) in [5.41, 5.74) is 8.18. The highest BCUT2D eigenvalue weighted by Crippen LogP contribution is 2.43. The highest BCUT2D eigenvalue weighted by Gasteiger charge is 2.42. The highest BCUT2D eigenvalue weighted by molar-refractivity contribution is 6.30. The van der Waals surface area contributed by atoms with Gasteiger partial charge in [-0.15, -0.1) is 10.2 Å². The minimum Gasteiger partial charge on any atom is -0.327 e. The average molecular weight is 385 g/mol. The molecule has 0 spiro atoms. The van der Waals surface area contributed by atoms with Crippen molar-refractivity contribution in [2.45, 2.75) is 56.7 Å². The van der Waals surface area contributed by atoms with Gasteiger partial charge in [0.25, 0.3) is 0 Å². The van der Waals surface area contributed by atoms with Gasteiger partial charge in [-0.1, -0.05) is 11.6 Å². The van der Waals surface area contributed by atoms with Crippen molar-refractivity contribution in [1.82, 2.24) is 14.8 Å². The lowest BCUT2D eigenvalue weighted by Crippen LogP contribution is -2.28. The fourth-order valence-electron chi connectivity index (χ4n) is 4.19. The molecule has 2 aromatic rings. The Morgan fingerprint density at radius 2 is 1.81 bits per heavy atom. The number of nitrogens with two attached hydrogens (primary N) is 1. The quantitative estimate of drug-likeness (QED) is 0.802. The molecule has 26 heavy (non-hydrogen) atoms. The summed E-state index contributed by atoms with van der Waals surface area (Å²) in [6.07, 6.45) is -1.62. The Kier molecular flexibility index (Phi) is 4.47. The second-order valence-corrected chi connectivity index (χ2v) is 7.78. The zero-order valence-electron chi connectivity index (χ0n) is 14.1. The molecule has 1 aliphatic carbocycles. The highest BCUT2D eigenvalue weighted by atomic mass is 35.5. The van der Waals surface area contributed by atoms with E-state index in [4.69, 9.17) is 17.3 Å². The number of aromatic nitrogens is 3. The van der Waals surface area contributed by atoms with Crippen molar-refractivity contribution in [3.8, 4) is 5.69 Å². The van der Waals surface area contributed by atoms with Crippen molar-refractivity contribution in [3.05, 3.63) is 40.4 Å². The molecule has 2 N–H and O–H groups in total. The Hall–Kier alpha value is -1.60. The number of hydrogen-bond acceptors (Lipinski definition) is 3. The van der Waals surface area contributed by atoms with Crippen LogP contribution in [-0.4, -0.2) is 27.0 Å². The zero-order valence-corrected chi connectivity index (χ0v) is 14.9. The van der Waals surface area contributed by atoms with Crippen LogP contribution in [0.4, 0.5) is 13.2 Å². The predicted molar refractivity (Wildman–Crippen MR) is 92.5 cm³/mol. The molecule has 1 aliphatic heterocycles. The Morgan fingerprint density at radius 3 is 2.50 bits per heavy atom. The van der Waals surface area contributed by atoms with E-state index >= 15 is 0 Å². The Labute approximate surface area is 154 Å². The molecular formula is C18H20ClF3N4. The molecule has 1 aromatic heterocycles. The third-order valence-electron chi connectivity index (χ3n) is 5.52. The lowest BCUT2D eigenvalue weighted by Gasteiger charge is -2.29. The maximum atomic E-state index is 13.0. The molecule has 1 aromatic carbocycles. The molecule has 0 bridgehead atoms. The van der Waals surface area contributed by atoms with Crippen LogP contribution in [-0.2, 0) is 12.8 Å². The molecule has 1 atom stereocenters. The summed E-state index contributed by atoms with van der Waals surface area (Å²) < 4.78 is 40.9. The molecule has 2 heterocycles. The Bertz CT molecular complexity index is 809. The largest absolute Gasteiger partial charge is 0.391 e. The number of fused-ring (bicyclic) bond motifs is 3. The second kappa shape index (κ2) is 6.53. The summed E-state index contributed by atoms with van der Waals surface area (Å²) in [6, 6.07) is 5.54. The first-order valence-corrected chi connectivity index (χ1v) is 9.26. The Morgan fingerprint density at radius 1 is 1.08 bits per heavy atom. The number of rotatable bonds is 1. The van der Waals surface area contributed by atoms with Crippen molar-refractivity contribution in [2.75, 3.05) is 0 Å². The molecule has 1 unspecified atom stereocenters. The van der Waals surface area contributed by atoms with E-state index in [0.29, 0.717) is 30.7 Å². The van der Waals surface area contributed by atoms with Gasteiger partial charge in [0.1, 0.15) is 11.6 Å². The fraction of sp³-hybridized carbons (Fsp3) is 0.556. The first-order valence-electron chi connectivity index (χ1n) is 8.88. The summed E-state index contributed by atoms with van der Waals surface area (Å²) in [5, 5.41) is 9.30. The van der Waals surface area contributed by atoms with Crippen molar-refractivity contribution in [3.63, 3.8) is 0 Å². The summed E-state index contributed by atoms with van der Waals surface area (Å²) in [7, 11) is 0. The van der Waals surface area contributed by atoms with Crippen LogP contribution < -0.4 is 5.73 Å². The Balaban J connectivity index is 1.69. The number of benzene rings is 1. The zero-order chi connectivity index (χ0) is 18.5. The number of hydrogen-bond donors (Lipinski definition) is 1. The van der Waals surface area contributed by atoms with Crippen molar-refractivity contribution in [2.24, 2.45) is 11.7 Å². The minimum absolute atomic E-state index is 0.0206.